The summed E-state index contributed by atoms with van der Waals surface area (Å²) in [6.07, 6.45) is 18.2. The molecule has 6 heteroatoms. The Labute approximate surface area is 193 Å². The number of aromatic nitrogens is 2. The van der Waals surface area contributed by atoms with E-state index in [-0.39, 0.29) is 0 Å². The van der Waals surface area contributed by atoms with Gasteiger partial charge in [-0.05, 0) is 38.0 Å². The maximum Gasteiger partial charge on any atom is 0.223 e. The van der Waals surface area contributed by atoms with Gasteiger partial charge in [-0.3, -0.25) is 9.69 Å². The zero-order chi connectivity index (χ0) is 21.8. The van der Waals surface area contributed by atoms with E-state index in [2.05, 4.69) is 19.7 Å². The molecule has 0 radical (unpaired) electrons. The van der Waals surface area contributed by atoms with Crippen LogP contribution in [0.1, 0.15) is 88.3 Å². The highest BCUT2D eigenvalue weighted by Gasteiger charge is 2.30. The number of anilines is 1. The molecule has 3 fully saturated rings. The van der Waals surface area contributed by atoms with E-state index in [0.29, 0.717) is 18.4 Å². The molecule has 0 bridgehead atoms. The fourth-order valence-electron chi connectivity index (χ4n) is 6.51. The number of nitrogens with zero attached hydrogens (tertiary/aromatic N) is 5. The minimum atomic E-state index is 0.333. The van der Waals surface area contributed by atoms with Gasteiger partial charge in [-0.15, -0.1) is 0 Å². The first kappa shape index (κ1) is 22.1. The Morgan fingerprint density at radius 3 is 2.28 bits per heavy atom. The number of carbonyl (C=O) groups excluding carboxylic acids is 1. The summed E-state index contributed by atoms with van der Waals surface area (Å²) >= 11 is 0. The molecule has 0 unspecified atom stereocenters. The lowest BCUT2D eigenvalue weighted by Crippen LogP contribution is -2.51. The molecule has 0 N–H and O–H groups in total. The predicted molar refractivity (Wildman–Crippen MR) is 128 cm³/mol. The van der Waals surface area contributed by atoms with E-state index < -0.39 is 0 Å². The second-order valence-electron chi connectivity index (χ2n) is 10.6. The van der Waals surface area contributed by atoms with E-state index >= 15 is 0 Å². The highest BCUT2D eigenvalue weighted by molar-refractivity contribution is 5.77. The van der Waals surface area contributed by atoms with Crippen LogP contribution in [-0.2, 0) is 17.8 Å². The molecule has 1 amide bonds. The van der Waals surface area contributed by atoms with Crippen LogP contribution in [0.25, 0.3) is 0 Å². The molecule has 1 aromatic rings. The predicted octanol–water partition coefficient (Wildman–Crippen LogP) is 4.18. The largest absolute Gasteiger partial charge is 0.354 e. The molecule has 32 heavy (non-hydrogen) atoms. The van der Waals surface area contributed by atoms with Crippen molar-refractivity contribution in [2.24, 2.45) is 5.92 Å². The van der Waals surface area contributed by atoms with Crippen LogP contribution in [0.5, 0.6) is 0 Å². The molecule has 4 aliphatic rings. The number of rotatable bonds is 4. The van der Waals surface area contributed by atoms with Gasteiger partial charge >= 0.3 is 0 Å². The quantitative estimate of drug-likeness (QED) is 0.659. The van der Waals surface area contributed by atoms with Gasteiger partial charge in [0.05, 0.1) is 12.2 Å². The smallest absolute Gasteiger partial charge is 0.223 e. The van der Waals surface area contributed by atoms with Crippen molar-refractivity contribution >= 4 is 11.7 Å². The van der Waals surface area contributed by atoms with Gasteiger partial charge in [0.25, 0.3) is 0 Å². The standard InChI is InChI=1S/C26H41N5O/c32-25(18-21-8-4-3-5-9-21)31-13-12-23-24(19-31)27-20-28-26(23)30-16-14-29(15-17-30)22-10-6-1-2-7-11-22/h20-22H,1-19H2. The van der Waals surface area contributed by atoms with Crippen molar-refractivity contribution in [2.75, 3.05) is 37.6 Å². The summed E-state index contributed by atoms with van der Waals surface area (Å²) in [6, 6.07) is 0.794. The van der Waals surface area contributed by atoms with Gasteiger partial charge in [-0.1, -0.05) is 44.9 Å². The van der Waals surface area contributed by atoms with Crippen molar-refractivity contribution in [3.63, 3.8) is 0 Å². The molecule has 0 atom stereocenters. The van der Waals surface area contributed by atoms with Crippen LogP contribution < -0.4 is 4.90 Å². The number of piperazine rings is 1. The Morgan fingerprint density at radius 2 is 1.53 bits per heavy atom. The third-order valence-corrected chi connectivity index (χ3v) is 8.48. The maximum atomic E-state index is 12.9. The number of hydrogen-bond donors (Lipinski definition) is 0. The van der Waals surface area contributed by atoms with Crippen LogP contribution >= 0.6 is 0 Å². The van der Waals surface area contributed by atoms with Gasteiger partial charge in [-0.25, -0.2) is 9.97 Å². The van der Waals surface area contributed by atoms with Crippen molar-refractivity contribution < 1.29 is 4.79 Å². The Kier molecular flexibility index (Phi) is 7.25. The van der Waals surface area contributed by atoms with Crippen LogP contribution in [0.15, 0.2) is 6.33 Å². The van der Waals surface area contributed by atoms with Crippen molar-refractivity contribution in [3.05, 3.63) is 17.6 Å². The van der Waals surface area contributed by atoms with Gasteiger partial charge in [-0.2, -0.15) is 0 Å². The highest BCUT2D eigenvalue weighted by Crippen LogP contribution is 2.30. The molecular formula is C26H41N5O. The normalized spacial score (nSPS) is 24.2. The van der Waals surface area contributed by atoms with Crippen LogP contribution in [0.4, 0.5) is 5.82 Å². The van der Waals surface area contributed by atoms with Gasteiger partial charge in [0, 0.05) is 50.7 Å². The Morgan fingerprint density at radius 1 is 0.844 bits per heavy atom. The molecule has 0 aromatic carbocycles. The first-order chi connectivity index (χ1) is 15.8. The average Bonchev–Trinajstić information content (AvgIpc) is 3.14. The summed E-state index contributed by atoms with van der Waals surface area (Å²) in [5.41, 5.74) is 2.36. The summed E-state index contributed by atoms with van der Waals surface area (Å²) in [5, 5.41) is 0. The van der Waals surface area contributed by atoms with Gasteiger partial charge < -0.3 is 9.80 Å². The molecule has 5 rings (SSSR count). The number of carbonyl (C=O) groups is 1. The molecule has 176 valence electrons. The first-order valence-electron chi connectivity index (χ1n) is 13.4. The van der Waals surface area contributed by atoms with Gasteiger partial charge in [0.1, 0.15) is 12.1 Å². The van der Waals surface area contributed by atoms with Crippen LogP contribution in [-0.4, -0.2) is 64.4 Å². The lowest BCUT2D eigenvalue weighted by Gasteiger charge is -2.41. The lowest BCUT2D eigenvalue weighted by atomic mass is 9.86. The summed E-state index contributed by atoms with van der Waals surface area (Å²) in [7, 11) is 0. The fraction of sp³-hybridized carbons (Fsp3) is 0.808. The number of fused-ring (bicyclic) bond motifs is 1. The molecule has 2 aliphatic carbocycles. The topological polar surface area (TPSA) is 52.6 Å². The molecule has 1 saturated heterocycles. The van der Waals surface area contributed by atoms with E-state index in [4.69, 9.17) is 4.98 Å². The minimum absolute atomic E-state index is 0.333. The van der Waals surface area contributed by atoms with E-state index in [1.54, 1.807) is 6.33 Å². The molecular weight excluding hydrogens is 398 g/mol. The minimum Gasteiger partial charge on any atom is -0.354 e. The SMILES string of the molecule is O=C(CC1CCCCC1)N1CCc2c(ncnc2N2CCN(C3CCCCCC3)CC2)C1. The third-order valence-electron chi connectivity index (χ3n) is 8.48. The van der Waals surface area contributed by atoms with E-state index in [9.17, 15) is 4.79 Å². The molecule has 3 heterocycles. The Hall–Kier alpha value is -1.69. The first-order valence-corrected chi connectivity index (χ1v) is 13.4. The third kappa shape index (κ3) is 5.11. The molecule has 6 nitrogen and oxygen atoms in total. The highest BCUT2D eigenvalue weighted by atomic mass is 16.2. The van der Waals surface area contributed by atoms with Crippen LogP contribution in [0.3, 0.4) is 0 Å². The molecule has 2 saturated carbocycles. The van der Waals surface area contributed by atoms with Crippen LogP contribution in [0, 0.1) is 5.92 Å². The van der Waals surface area contributed by atoms with Gasteiger partial charge in [0.15, 0.2) is 0 Å². The van der Waals surface area contributed by atoms with E-state index in [0.717, 1.165) is 63.1 Å². The van der Waals surface area contributed by atoms with Crippen LogP contribution in [0.2, 0.25) is 0 Å². The zero-order valence-electron chi connectivity index (χ0n) is 19.8. The summed E-state index contributed by atoms with van der Waals surface area (Å²) < 4.78 is 0. The molecule has 0 spiro atoms. The summed E-state index contributed by atoms with van der Waals surface area (Å²) in [5.74, 6) is 2.07. The van der Waals surface area contributed by atoms with Crippen molar-refractivity contribution in [1.82, 2.24) is 19.8 Å². The molecule has 1 aromatic heterocycles. The number of amides is 1. The van der Waals surface area contributed by atoms with E-state index in [1.807, 2.05) is 0 Å². The molecule has 2 aliphatic heterocycles. The summed E-state index contributed by atoms with van der Waals surface area (Å²) in [6.45, 7) is 5.90. The second-order valence-corrected chi connectivity index (χ2v) is 10.6. The summed E-state index contributed by atoms with van der Waals surface area (Å²) in [4.78, 5) is 29.5. The van der Waals surface area contributed by atoms with Crippen molar-refractivity contribution in [1.29, 1.82) is 0 Å². The zero-order valence-corrected chi connectivity index (χ0v) is 19.8. The average molecular weight is 440 g/mol. The maximum absolute atomic E-state index is 12.9. The van der Waals surface area contributed by atoms with Crippen molar-refractivity contribution in [2.45, 2.75) is 96.1 Å². The second kappa shape index (κ2) is 10.5. The van der Waals surface area contributed by atoms with Gasteiger partial charge in [0.2, 0.25) is 5.91 Å². The van der Waals surface area contributed by atoms with E-state index in [1.165, 1.54) is 76.2 Å². The lowest BCUT2D eigenvalue weighted by molar-refractivity contribution is -0.133. The number of hydrogen-bond acceptors (Lipinski definition) is 5. The Balaban J connectivity index is 1.19. The van der Waals surface area contributed by atoms with Crippen molar-refractivity contribution in [3.8, 4) is 0 Å². The fourth-order valence-corrected chi connectivity index (χ4v) is 6.51. The monoisotopic (exact) mass is 439 g/mol. The Bertz CT molecular complexity index is 761.